The highest BCUT2D eigenvalue weighted by molar-refractivity contribution is 5.71. The van der Waals surface area contributed by atoms with Gasteiger partial charge in [-0.3, -0.25) is 0 Å². The Labute approximate surface area is 97.9 Å². The molecule has 0 N–H and O–H groups in total. The topological polar surface area (TPSA) is 23.8 Å². The summed E-state index contributed by atoms with van der Waals surface area (Å²) in [5.41, 5.74) is 1.92. The number of rotatable bonds is 1. The fourth-order valence-corrected chi connectivity index (χ4v) is 1.64. The average molecular weight is 229 g/mol. The molecule has 0 saturated heterocycles. The second-order valence-corrected chi connectivity index (χ2v) is 3.77. The van der Waals surface area contributed by atoms with Gasteiger partial charge in [0.2, 0.25) is 0 Å². The molecule has 2 aromatic carbocycles. The Morgan fingerprint density at radius 1 is 1.06 bits per heavy atom. The van der Waals surface area contributed by atoms with Gasteiger partial charge in [0.25, 0.3) is 0 Å². The molecule has 3 heteroatoms. The summed E-state index contributed by atoms with van der Waals surface area (Å²) >= 11 is 0. The van der Waals surface area contributed by atoms with Crippen LogP contribution in [0.4, 0.5) is 8.78 Å². The van der Waals surface area contributed by atoms with Crippen LogP contribution < -0.4 is 0 Å². The molecule has 0 radical (unpaired) electrons. The summed E-state index contributed by atoms with van der Waals surface area (Å²) in [6.07, 6.45) is 0. The van der Waals surface area contributed by atoms with Crippen LogP contribution in [0.15, 0.2) is 36.4 Å². The van der Waals surface area contributed by atoms with E-state index in [2.05, 4.69) is 0 Å². The number of hydrogen-bond donors (Lipinski definition) is 0. The minimum Gasteiger partial charge on any atom is -0.207 e. The van der Waals surface area contributed by atoms with Crippen molar-refractivity contribution >= 4 is 0 Å². The summed E-state index contributed by atoms with van der Waals surface area (Å²) in [4.78, 5) is 0. The molecule has 0 unspecified atom stereocenters. The molecule has 0 aliphatic heterocycles. The normalized spacial score (nSPS) is 10.0. The molecule has 0 heterocycles. The number of nitrogens with zero attached hydrogens (tertiary/aromatic N) is 1. The number of nitriles is 1. The van der Waals surface area contributed by atoms with Crippen LogP contribution in [0.25, 0.3) is 11.1 Å². The minimum absolute atomic E-state index is 0.361. The molecule has 84 valence electrons. The molecule has 0 fully saturated rings. The van der Waals surface area contributed by atoms with Crippen LogP contribution in [0.5, 0.6) is 0 Å². The molecule has 2 aromatic rings. The molecule has 0 aliphatic carbocycles. The van der Waals surface area contributed by atoms with E-state index in [9.17, 15) is 8.78 Å². The highest BCUT2D eigenvalue weighted by Crippen LogP contribution is 2.26. The van der Waals surface area contributed by atoms with Gasteiger partial charge in [0.05, 0.1) is 11.6 Å². The van der Waals surface area contributed by atoms with Crippen molar-refractivity contribution in [2.24, 2.45) is 0 Å². The lowest BCUT2D eigenvalue weighted by Crippen LogP contribution is -1.90. The molecule has 0 bridgehead atoms. The third-order valence-corrected chi connectivity index (χ3v) is 2.57. The van der Waals surface area contributed by atoms with E-state index in [1.54, 1.807) is 6.92 Å². The monoisotopic (exact) mass is 229 g/mol. The van der Waals surface area contributed by atoms with Crippen LogP contribution in [0.3, 0.4) is 0 Å². The predicted molar refractivity (Wildman–Crippen MR) is 61.2 cm³/mol. The van der Waals surface area contributed by atoms with Crippen molar-refractivity contribution in [3.8, 4) is 17.2 Å². The van der Waals surface area contributed by atoms with Crippen molar-refractivity contribution in [3.05, 3.63) is 59.2 Å². The largest absolute Gasteiger partial charge is 0.207 e. The maximum absolute atomic E-state index is 13.5. The molecular formula is C14H9F2N. The molecule has 17 heavy (non-hydrogen) atoms. The Morgan fingerprint density at radius 3 is 2.29 bits per heavy atom. The number of aryl methyl sites for hydroxylation is 1. The standard InChI is InChI=1S/C14H9F2N/c1-9-6-11(8-17)13(7-14(9)16)10-2-4-12(15)5-3-10/h2-7H,1H3. The molecule has 2 rings (SSSR count). The summed E-state index contributed by atoms with van der Waals surface area (Å²) in [6, 6.07) is 10.4. The molecule has 0 amide bonds. The number of hydrogen-bond acceptors (Lipinski definition) is 1. The van der Waals surface area contributed by atoms with Crippen molar-refractivity contribution in [1.29, 1.82) is 5.26 Å². The van der Waals surface area contributed by atoms with Gasteiger partial charge in [0.15, 0.2) is 0 Å². The van der Waals surface area contributed by atoms with Gasteiger partial charge in [-0.25, -0.2) is 8.78 Å². The summed E-state index contributed by atoms with van der Waals surface area (Å²) in [5, 5.41) is 9.00. The zero-order valence-corrected chi connectivity index (χ0v) is 9.17. The Hall–Kier alpha value is -2.21. The molecule has 0 aliphatic rings. The Bertz CT molecular complexity index is 595. The third kappa shape index (κ3) is 2.16. The van der Waals surface area contributed by atoms with Gasteiger partial charge in [-0.15, -0.1) is 0 Å². The zero-order chi connectivity index (χ0) is 12.4. The Morgan fingerprint density at radius 2 is 1.71 bits per heavy atom. The third-order valence-electron chi connectivity index (χ3n) is 2.57. The van der Waals surface area contributed by atoms with Crippen LogP contribution in [-0.4, -0.2) is 0 Å². The first kappa shape index (κ1) is 11.3. The number of benzene rings is 2. The van der Waals surface area contributed by atoms with Crippen LogP contribution in [-0.2, 0) is 0 Å². The second kappa shape index (κ2) is 4.34. The van der Waals surface area contributed by atoms with Crippen molar-refractivity contribution in [2.45, 2.75) is 6.92 Å². The van der Waals surface area contributed by atoms with E-state index < -0.39 is 0 Å². The quantitative estimate of drug-likeness (QED) is 0.729. The van der Waals surface area contributed by atoms with Crippen molar-refractivity contribution in [3.63, 3.8) is 0 Å². The van der Waals surface area contributed by atoms with E-state index in [0.717, 1.165) is 0 Å². The van der Waals surface area contributed by atoms with E-state index in [4.69, 9.17) is 5.26 Å². The highest BCUT2D eigenvalue weighted by atomic mass is 19.1. The molecule has 0 spiro atoms. The van der Waals surface area contributed by atoms with Gasteiger partial charge < -0.3 is 0 Å². The first-order valence-electron chi connectivity index (χ1n) is 5.08. The van der Waals surface area contributed by atoms with Crippen LogP contribution >= 0.6 is 0 Å². The summed E-state index contributed by atoms with van der Waals surface area (Å²) in [7, 11) is 0. The first-order chi connectivity index (χ1) is 8.11. The zero-order valence-electron chi connectivity index (χ0n) is 9.17. The van der Waals surface area contributed by atoms with E-state index in [1.807, 2.05) is 6.07 Å². The van der Waals surface area contributed by atoms with Crippen LogP contribution in [0, 0.1) is 29.9 Å². The van der Waals surface area contributed by atoms with Gasteiger partial charge >= 0.3 is 0 Å². The maximum atomic E-state index is 13.5. The number of halogens is 2. The van der Waals surface area contributed by atoms with Gasteiger partial charge in [-0.2, -0.15) is 5.26 Å². The fourth-order valence-electron chi connectivity index (χ4n) is 1.64. The SMILES string of the molecule is Cc1cc(C#N)c(-c2ccc(F)cc2)cc1F. The van der Waals surface area contributed by atoms with Gasteiger partial charge in [-0.05, 0) is 42.3 Å². The van der Waals surface area contributed by atoms with E-state index in [1.165, 1.54) is 36.4 Å². The molecular weight excluding hydrogens is 220 g/mol. The lowest BCUT2D eigenvalue weighted by atomic mass is 9.98. The Kier molecular flexibility index (Phi) is 2.88. The maximum Gasteiger partial charge on any atom is 0.126 e. The lowest BCUT2D eigenvalue weighted by molar-refractivity contribution is 0.619. The highest BCUT2D eigenvalue weighted by Gasteiger charge is 2.09. The van der Waals surface area contributed by atoms with Crippen LogP contribution in [0.2, 0.25) is 0 Å². The van der Waals surface area contributed by atoms with Crippen molar-refractivity contribution in [1.82, 2.24) is 0 Å². The molecule has 0 saturated carbocycles. The van der Waals surface area contributed by atoms with E-state index >= 15 is 0 Å². The molecule has 0 aromatic heterocycles. The Balaban J connectivity index is 2.63. The van der Waals surface area contributed by atoms with Gasteiger partial charge in [0.1, 0.15) is 11.6 Å². The van der Waals surface area contributed by atoms with Crippen LogP contribution in [0.1, 0.15) is 11.1 Å². The molecule has 1 nitrogen and oxygen atoms in total. The van der Waals surface area contributed by atoms with Gasteiger partial charge in [-0.1, -0.05) is 12.1 Å². The van der Waals surface area contributed by atoms with Gasteiger partial charge in [0, 0.05) is 5.56 Å². The lowest BCUT2D eigenvalue weighted by Gasteiger charge is -2.06. The van der Waals surface area contributed by atoms with Crippen molar-refractivity contribution in [2.75, 3.05) is 0 Å². The smallest absolute Gasteiger partial charge is 0.126 e. The second-order valence-electron chi connectivity index (χ2n) is 3.77. The average Bonchev–Trinajstić information content (AvgIpc) is 2.33. The fraction of sp³-hybridized carbons (Fsp3) is 0.0714. The summed E-state index contributed by atoms with van der Waals surface area (Å²) < 4.78 is 26.3. The van der Waals surface area contributed by atoms with E-state index in [-0.39, 0.29) is 11.6 Å². The van der Waals surface area contributed by atoms with E-state index in [0.29, 0.717) is 22.3 Å². The molecule has 0 atom stereocenters. The van der Waals surface area contributed by atoms with Crippen molar-refractivity contribution < 1.29 is 8.78 Å². The summed E-state index contributed by atoms with van der Waals surface area (Å²) in [6.45, 7) is 1.60. The first-order valence-corrected chi connectivity index (χ1v) is 5.08. The summed E-state index contributed by atoms with van der Waals surface area (Å²) in [5.74, 6) is -0.733. The minimum atomic E-state index is -0.372. The predicted octanol–water partition coefficient (Wildman–Crippen LogP) is 3.81.